The lowest BCUT2D eigenvalue weighted by molar-refractivity contribution is -0.123. The van der Waals surface area contributed by atoms with Crippen molar-refractivity contribution in [3.05, 3.63) is 65.2 Å². The van der Waals surface area contributed by atoms with Gasteiger partial charge >= 0.3 is 0 Å². The number of anilines is 1. The van der Waals surface area contributed by atoms with Gasteiger partial charge in [-0.15, -0.1) is 0 Å². The Morgan fingerprint density at radius 2 is 1.95 bits per heavy atom. The Balaban J connectivity index is 1.64. The summed E-state index contributed by atoms with van der Waals surface area (Å²) in [4.78, 5) is 14.4. The maximum Gasteiger partial charge on any atom is 0.253 e. The van der Waals surface area contributed by atoms with E-state index < -0.39 is 0 Å². The number of nitrogens with zero attached hydrogens (tertiary/aromatic N) is 1. The molecule has 0 aliphatic carbocycles. The molecule has 1 aliphatic rings. The van der Waals surface area contributed by atoms with Crippen molar-refractivity contribution in [2.75, 3.05) is 18.1 Å². The first-order chi connectivity index (χ1) is 10.8. The molecule has 0 spiro atoms. The fraction of sp³-hybridized carbons (Fsp3) is 0.316. The highest BCUT2D eigenvalue weighted by molar-refractivity contribution is 5.96. The molecule has 22 heavy (non-hydrogen) atoms. The van der Waals surface area contributed by atoms with E-state index in [1.54, 1.807) is 0 Å². The minimum absolute atomic E-state index is 0.0474. The predicted octanol–water partition coefficient (Wildman–Crippen LogP) is 3.49. The number of aryl methyl sites for hydroxylation is 2. The molecule has 3 nitrogen and oxygen atoms in total. The molecule has 0 unspecified atom stereocenters. The Morgan fingerprint density at radius 1 is 1.14 bits per heavy atom. The van der Waals surface area contributed by atoms with Crippen LogP contribution in [0.15, 0.2) is 48.5 Å². The molecule has 3 heteroatoms. The first-order valence-electron chi connectivity index (χ1n) is 7.76. The maximum atomic E-state index is 12.5. The lowest BCUT2D eigenvalue weighted by Gasteiger charge is -2.31. The number of para-hydroxylation sites is 1. The van der Waals surface area contributed by atoms with Gasteiger partial charge in [0.05, 0.1) is 6.61 Å². The second-order valence-electron chi connectivity index (χ2n) is 5.71. The maximum absolute atomic E-state index is 12.5. The van der Waals surface area contributed by atoms with E-state index in [0.717, 1.165) is 36.2 Å². The number of fused-ring (bicyclic) bond motifs is 1. The van der Waals surface area contributed by atoms with Crippen LogP contribution >= 0.6 is 0 Å². The Hall–Kier alpha value is -2.13. The zero-order valence-corrected chi connectivity index (χ0v) is 12.9. The average molecular weight is 295 g/mol. The van der Waals surface area contributed by atoms with Gasteiger partial charge in [0, 0.05) is 12.2 Å². The normalized spacial score (nSPS) is 13.8. The Labute approximate surface area is 131 Å². The molecule has 2 aromatic rings. The molecular weight excluding hydrogens is 274 g/mol. The van der Waals surface area contributed by atoms with Crippen molar-refractivity contribution in [1.29, 1.82) is 0 Å². The van der Waals surface area contributed by atoms with E-state index in [1.165, 1.54) is 5.56 Å². The lowest BCUT2D eigenvalue weighted by atomic mass is 9.98. The van der Waals surface area contributed by atoms with Crippen LogP contribution in [-0.2, 0) is 22.6 Å². The van der Waals surface area contributed by atoms with Crippen LogP contribution in [0.2, 0.25) is 0 Å². The van der Waals surface area contributed by atoms with Crippen molar-refractivity contribution in [1.82, 2.24) is 0 Å². The Morgan fingerprint density at radius 3 is 2.77 bits per heavy atom. The number of rotatable bonds is 4. The minimum Gasteiger partial charge on any atom is -0.367 e. The van der Waals surface area contributed by atoms with Crippen LogP contribution in [0.25, 0.3) is 0 Å². The highest BCUT2D eigenvalue weighted by Crippen LogP contribution is 2.30. The van der Waals surface area contributed by atoms with Crippen LogP contribution in [-0.4, -0.2) is 19.1 Å². The molecule has 0 saturated heterocycles. The molecule has 2 aromatic carbocycles. The fourth-order valence-corrected chi connectivity index (χ4v) is 3.00. The number of carbonyl (C=O) groups is 1. The summed E-state index contributed by atoms with van der Waals surface area (Å²) in [7, 11) is 0. The van der Waals surface area contributed by atoms with Crippen molar-refractivity contribution < 1.29 is 9.53 Å². The number of hydrogen-bond acceptors (Lipinski definition) is 2. The van der Waals surface area contributed by atoms with Gasteiger partial charge < -0.3 is 9.64 Å². The van der Waals surface area contributed by atoms with Crippen LogP contribution in [0.3, 0.4) is 0 Å². The van der Waals surface area contributed by atoms with Gasteiger partial charge in [-0.25, -0.2) is 0 Å². The number of benzene rings is 2. The van der Waals surface area contributed by atoms with Crippen LogP contribution in [0.4, 0.5) is 5.69 Å². The summed E-state index contributed by atoms with van der Waals surface area (Å²) in [6.45, 7) is 3.45. The zero-order chi connectivity index (χ0) is 15.4. The molecule has 1 aliphatic heterocycles. The van der Waals surface area contributed by atoms with Crippen molar-refractivity contribution in [3.8, 4) is 0 Å². The van der Waals surface area contributed by atoms with Gasteiger partial charge in [-0.2, -0.15) is 0 Å². The molecule has 0 saturated carbocycles. The molecular formula is C19H21NO2. The molecule has 0 N–H and O–H groups in total. The fourth-order valence-electron chi connectivity index (χ4n) is 3.00. The Kier molecular flexibility index (Phi) is 4.54. The molecule has 0 radical (unpaired) electrons. The summed E-state index contributed by atoms with van der Waals surface area (Å²) < 4.78 is 5.60. The van der Waals surface area contributed by atoms with Crippen molar-refractivity contribution in [3.63, 3.8) is 0 Å². The third-order valence-corrected chi connectivity index (χ3v) is 4.06. The topological polar surface area (TPSA) is 29.5 Å². The summed E-state index contributed by atoms with van der Waals surface area (Å²) >= 11 is 0. The smallest absolute Gasteiger partial charge is 0.253 e. The summed E-state index contributed by atoms with van der Waals surface area (Å²) in [6, 6.07) is 16.2. The van der Waals surface area contributed by atoms with E-state index in [1.807, 2.05) is 35.2 Å². The second kappa shape index (κ2) is 6.75. The van der Waals surface area contributed by atoms with E-state index in [2.05, 4.69) is 25.1 Å². The third kappa shape index (κ3) is 3.20. The molecule has 0 atom stereocenters. The van der Waals surface area contributed by atoms with Gasteiger partial charge in [-0.05, 0) is 36.5 Å². The van der Waals surface area contributed by atoms with Gasteiger partial charge in [0.15, 0.2) is 0 Å². The number of carbonyl (C=O) groups excluding carboxylic acids is 1. The monoisotopic (exact) mass is 295 g/mol. The molecule has 114 valence electrons. The molecule has 0 bridgehead atoms. The largest absolute Gasteiger partial charge is 0.367 e. The van der Waals surface area contributed by atoms with Crippen LogP contribution in [0.1, 0.15) is 23.1 Å². The van der Waals surface area contributed by atoms with E-state index >= 15 is 0 Å². The predicted molar refractivity (Wildman–Crippen MR) is 88.0 cm³/mol. The summed E-state index contributed by atoms with van der Waals surface area (Å²) in [5, 5.41) is 0. The summed E-state index contributed by atoms with van der Waals surface area (Å²) in [6.07, 6.45) is 2.06. The molecule has 1 amide bonds. The van der Waals surface area contributed by atoms with Crippen molar-refractivity contribution in [2.45, 2.75) is 26.4 Å². The van der Waals surface area contributed by atoms with E-state index in [4.69, 9.17) is 4.74 Å². The molecule has 0 fully saturated rings. The lowest BCUT2D eigenvalue weighted by Crippen LogP contribution is -2.38. The molecule has 1 heterocycles. The molecule has 0 aromatic heterocycles. The summed E-state index contributed by atoms with van der Waals surface area (Å²) in [5.74, 6) is 0.0474. The quantitative estimate of drug-likeness (QED) is 0.864. The number of hydrogen-bond donors (Lipinski definition) is 0. The highest BCUT2D eigenvalue weighted by Gasteiger charge is 2.23. The van der Waals surface area contributed by atoms with E-state index in [0.29, 0.717) is 6.61 Å². The van der Waals surface area contributed by atoms with Gasteiger partial charge in [0.2, 0.25) is 0 Å². The first kappa shape index (κ1) is 14.8. The minimum atomic E-state index is 0.0474. The van der Waals surface area contributed by atoms with Gasteiger partial charge in [0.1, 0.15) is 6.61 Å². The van der Waals surface area contributed by atoms with Crippen LogP contribution < -0.4 is 4.90 Å². The van der Waals surface area contributed by atoms with Crippen LogP contribution in [0, 0.1) is 6.92 Å². The highest BCUT2D eigenvalue weighted by atomic mass is 16.5. The molecule has 3 rings (SSSR count). The Bertz CT molecular complexity index is 652. The first-order valence-corrected chi connectivity index (χ1v) is 7.76. The SMILES string of the molecule is Cc1cccc2c1N(C(=O)COCc1ccccc1)CCC2. The van der Waals surface area contributed by atoms with Gasteiger partial charge in [-0.1, -0.05) is 48.5 Å². The van der Waals surface area contributed by atoms with Crippen molar-refractivity contribution >= 4 is 11.6 Å². The number of ether oxygens (including phenoxy) is 1. The van der Waals surface area contributed by atoms with Crippen molar-refractivity contribution in [2.24, 2.45) is 0 Å². The van der Waals surface area contributed by atoms with Gasteiger partial charge in [-0.3, -0.25) is 4.79 Å². The standard InChI is InChI=1S/C19H21NO2/c1-15-7-5-10-17-11-6-12-20(19(15)17)18(21)14-22-13-16-8-3-2-4-9-16/h2-5,7-10H,6,11-14H2,1H3. The van der Waals surface area contributed by atoms with Crippen LogP contribution in [0.5, 0.6) is 0 Å². The third-order valence-electron chi connectivity index (χ3n) is 4.06. The van der Waals surface area contributed by atoms with Gasteiger partial charge in [0.25, 0.3) is 5.91 Å². The van der Waals surface area contributed by atoms with E-state index in [9.17, 15) is 4.79 Å². The average Bonchev–Trinajstić information content (AvgIpc) is 2.55. The number of amides is 1. The summed E-state index contributed by atoms with van der Waals surface area (Å²) in [5.41, 5.74) is 4.60. The van der Waals surface area contributed by atoms with E-state index in [-0.39, 0.29) is 12.5 Å². The zero-order valence-electron chi connectivity index (χ0n) is 12.9. The second-order valence-corrected chi connectivity index (χ2v) is 5.71.